The summed E-state index contributed by atoms with van der Waals surface area (Å²) in [4.78, 5) is 28.1. The van der Waals surface area contributed by atoms with Crippen LogP contribution in [0.1, 0.15) is 5.56 Å². The standard InChI is InChI=1S/C23H23FN6O7S3/c24-6-7-36-15-3-1-2-14(8-15)12-38-13-18(22(32)33)26-20(31)10-30-11-21(28-29-30)37-16-4-5-17-19(9-16)39-23(27-17)40(25,34)35/h1-5,8-9,11,18H,6-7,10,12-13H2,(H,26,31)(H,32,33)(H2,25,34,35)/t18-/m0/s1. The van der Waals surface area contributed by atoms with Crippen molar-refractivity contribution in [3.8, 4) is 17.4 Å². The van der Waals surface area contributed by atoms with E-state index in [1.807, 2.05) is 6.07 Å². The number of thiazole rings is 1. The number of carbonyl (C=O) groups is 2. The number of hydrogen-bond acceptors (Lipinski definition) is 11. The monoisotopic (exact) mass is 610 g/mol. The number of alkyl halides is 1. The normalized spacial score (nSPS) is 12.2. The third-order valence-corrected chi connectivity index (χ3v) is 8.50. The highest BCUT2D eigenvalue weighted by Crippen LogP contribution is 2.30. The Hall–Kier alpha value is -3.80. The van der Waals surface area contributed by atoms with Gasteiger partial charge in [-0.05, 0) is 29.8 Å². The third kappa shape index (κ3) is 8.10. The second kappa shape index (κ2) is 13.0. The van der Waals surface area contributed by atoms with Gasteiger partial charge in [-0.25, -0.2) is 32.4 Å². The van der Waals surface area contributed by atoms with Crippen LogP contribution in [0.3, 0.4) is 0 Å². The topological polar surface area (TPSA) is 189 Å². The lowest BCUT2D eigenvalue weighted by Crippen LogP contribution is -2.44. The van der Waals surface area contributed by atoms with E-state index in [1.165, 1.54) is 22.6 Å². The number of ether oxygens (including phenoxy) is 2. The number of rotatable bonds is 14. The second-order valence-electron chi connectivity index (χ2n) is 8.17. The van der Waals surface area contributed by atoms with E-state index in [0.29, 0.717) is 27.5 Å². The molecular formula is C23H23FN6O7S3. The molecule has 1 amide bonds. The van der Waals surface area contributed by atoms with Gasteiger partial charge in [0, 0.05) is 17.6 Å². The molecule has 0 spiro atoms. The molecule has 212 valence electrons. The highest BCUT2D eigenvalue weighted by molar-refractivity contribution is 7.98. The summed E-state index contributed by atoms with van der Waals surface area (Å²) in [7, 11) is -3.93. The van der Waals surface area contributed by atoms with E-state index >= 15 is 0 Å². The van der Waals surface area contributed by atoms with Crippen molar-refractivity contribution in [3.63, 3.8) is 0 Å². The number of amides is 1. The molecule has 0 aliphatic heterocycles. The number of nitrogens with one attached hydrogen (secondary N) is 1. The number of fused-ring (bicyclic) bond motifs is 1. The largest absolute Gasteiger partial charge is 0.491 e. The molecule has 4 N–H and O–H groups in total. The number of sulfonamides is 1. The van der Waals surface area contributed by atoms with Crippen LogP contribution in [0, 0.1) is 0 Å². The molecule has 0 fully saturated rings. The number of carboxylic acids is 1. The number of nitrogens with two attached hydrogens (primary N) is 1. The molecule has 2 aromatic carbocycles. The highest BCUT2D eigenvalue weighted by Gasteiger charge is 2.21. The van der Waals surface area contributed by atoms with Crippen molar-refractivity contribution >= 4 is 55.2 Å². The van der Waals surface area contributed by atoms with Gasteiger partial charge in [0.05, 0.1) is 16.4 Å². The van der Waals surface area contributed by atoms with Gasteiger partial charge >= 0.3 is 5.97 Å². The van der Waals surface area contributed by atoms with Crippen LogP contribution < -0.4 is 19.9 Å². The zero-order chi connectivity index (χ0) is 28.7. The fourth-order valence-electron chi connectivity index (χ4n) is 3.33. The fraction of sp³-hybridized carbons (Fsp3) is 0.261. The quantitative estimate of drug-likeness (QED) is 0.190. The predicted molar refractivity (Wildman–Crippen MR) is 145 cm³/mol. The average Bonchev–Trinajstić information content (AvgIpc) is 3.53. The van der Waals surface area contributed by atoms with Gasteiger partial charge in [0.25, 0.3) is 15.9 Å². The molecule has 40 heavy (non-hydrogen) atoms. The molecule has 17 heteroatoms. The Bertz CT molecular complexity index is 1610. The molecule has 2 aromatic heterocycles. The highest BCUT2D eigenvalue weighted by atomic mass is 32.2. The maximum atomic E-state index is 12.5. The molecule has 13 nitrogen and oxygen atoms in total. The van der Waals surface area contributed by atoms with Crippen molar-refractivity contribution in [3.05, 3.63) is 54.2 Å². The fourth-order valence-corrected chi connectivity index (χ4v) is 6.01. The maximum absolute atomic E-state index is 12.5. The molecule has 0 bridgehead atoms. The minimum atomic E-state index is -3.93. The summed E-state index contributed by atoms with van der Waals surface area (Å²) in [5.74, 6) is -0.291. The molecule has 2 heterocycles. The van der Waals surface area contributed by atoms with E-state index in [-0.39, 0.29) is 29.1 Å². The molecular weight excluding hydrogens is 587 g/mol. The number of benzene rings is 2. The number of aliphatic carboxylic acids is 1. The molecule has 0 unspecified atom stereocenters. The van der Waals surface area contributed by atoms with Gasteiger partial charge in [0.15, 0.2) is 0 Å². The van der Waals surface area contributed by atoms with Crippen LogP contribution in [-0.2, 0) is 31.9 Å². The van der Waals surface area contributed by atoms with Gasteiger partial charge in [-0.3, -0.25) is 4.79 Å². The van der Waals surface area contributed by atoms with Crippen LogP contribution in [0.25, 0.3) is 10.2 Å². The van der Waals surface area contributed by atoms with Crippen LogP contribution >= 0.6 is 23.1 Å². The SMILES string of the molecule is NS(=O)(=O)c1nc2ccc(Oc3cn(CC(=O)N[C@@H](CSCc4cccc(OCCF)c4)C(=O)O)nn3)cc2s1. The van der Waals surface area contributed by atoms with Crippen molar-refractivity contribution in [1.82, 2.24) is 25.3 Å². The van der Waals surface area contributed by atoms with Crippen LogP contribution in [0.2, 0.25) is 0 Å². The summed E-state index contributed by atoms with van der Waals surface area (Å²) in [5.41, 5.74) is 1.30. The van der Waals surface area contributed by atoms with E-state index in [0.717, 1.165) is 16.9 Å². The van der Waals surface area contributed by atoms with Gasteiger partial charge in [0.1, 0.15) is 37.4 Å². The van der Waals surface area contributed by atoms with Crippen LogP contribution in [0.4, 0.5) is 4.39 Å². The Labute approximate surface area is 235 Å². The van der Waals surface area contributed by atoms with E-state index < -0.39 is 34.6 Å². The number of aromatic nitrogens is 4. The maximum Gasteiger partial charge on any atom is 0.327 e. The van der Waals surface area contributed by atoms with Crippen molar-refractivity contribution in [2.45, 2.75) is 22.7 Å². The van der Waals surface area contributed by atoms with Gasteiger partial charge in [-0.15, -0.1) is 11.3 Å². The lowest BCUT2D eigenvalue weighted by molar-refractivity contribution is -0.141. The number of hydrogen-bond donors (Lipinski definition) is 3. The first-order valence-corrected chi connectivity index (χ1v) is 15.0. The van der Waals surface area contributed by atoms with Crippen LogP contribution in [-0.4, -0.2) is 70.5 Å². The summed E-state index contributed by atoms with van der Waals surface area (Å²) in [6.45, 7) is -0.946. The van der Waals surface area contributed by atoms with E-state index in [9.17, 15) is 27.5 Å². The number of nitrogens with zero attached hydrogens (tertiary/aromatic N) is 4. The predicted octanol–water partition coefficient (Wildman–Crippen LogP) is 2.18. The van der Waals surface area contributed by atoms with Crippen molar-refractivity contribution in [2.24, 2.45) is 5.14 Å². The van der Waals surface area contributed by atoms with Gasteiger partial charge < -0.3 is 19.9 Å². The first-order chi connectivity index (χ1) is 19.1. The zero-order valence-electron chi connectivity index (χ0n) is 20.6. The van der Waals surface area contributed by atoms with Gasteiger partial charge in [0.2, 0.25) is 10.2 Å². The molecule has 1 atom stereocenters. The Kier molecular flexibility index (Phi) is 9.51. The summed E-state index contributed by atoms with van der Waals surface area (Å²) >= 11 is 2.20. The number of carbonyl (C=O) groups excluding carboxylic acids is 1. The molecule has 4 aromatic rings. The molecule has 0 saturated carbocycles. The average molecular weight is 611 g/mol. The number of halogens is 1. The lowest BCUT2D eigenvalue weighted by atomic mass is 10.2. The van der Waals surface area contributed by atoms with Crippen molar-refractivity contribution < 1.29 is 37.0 Å². The number of thioether (sulfide) groups is 1. The third-order valence-electron chi connectivity index (χ3n) is 5.06. The second-order valence-corrected chi connectivity index (χ2v) is 12.0. The summed E-state index contributed by atoms with van der Waals surface area (Å²) in [6, 6.07) is 10.6. The Morgan fingerprint density at radius 2 is 2.05 bits per heavy atom. The van der Waals surface area contributed by atoms with E-state index in [1.54, 1.807) is 36.4 Å². The van der Waals surface area contributed by atoms with Gasteiger partial charge in [-0.1, -0.05) is 22.4 Å². The van der Waals surface area contributed by atoms with Crippen molar-refractivity contribution in [1.29, 1.82) is 0 Å². The minimum absolute atomic E-state index is 0.0457. The summed E-state index contributed by atoms with van der Waals surface area (Å²) in [5, 5.41) is 24.8. The Balaban J connectivity index is 1.29. The Morgan fingerprint density at radius 1 is 1.23 bits per heavy atom. The molecule has 0 saturated heterocycles. The summed E-state index contributed by atoms with van der Waals surface area (Å²) in [6.07, 6.45) is 1.36. The molecule has 4 rings (SSSR count). The molecule has 0 aliphatic carbocycles. The van der Waals surface area contributed by atoms with E-state index in [4.69, 9.17) is 14.6 Å². The smallest absolute Gasteiger partial charge is 0.327 e. The zero-order valence-corrected chi connectivity index (χ0v) is 23.0. The van der Waals surface area contributed by atoms with E-state index in [2.05, 4.69) is 20.6 Å². The van der Waals surface area contributed by atoms with Crippen LogP contribution in [0.5, 0.6) is 17.4 Å². The first kappa shape index (κ1) is 29.2. The number of carboxylic acid groups (broad SMARTS) is 1. The summed E-state index contributed by atoms with van der Waals surface area (Å²) < 4.78 is 47.7. The van der Waals surface area contributed by atoms with Gasteiger partial charge in [-0.2, -0.15) is 11.8 Å². The number of primary sulfonamides is 1. The van der Waals surface area contributed by atoms with Crippen molar-refractivity contribution in [2.75, 3.05) is 19.0 Å². The minimum Gasteiger partial charge on any atom is -0.491 e. The molecule has 0 radical (unpaired) electrons. The Morgan fingerprint density at radius 3 is 2.80 bits per heavy atom. The molecule has 0 aliphatic rings. The van der Waals surface area contributed by atoms with Crippen LogP contribution in [0.15, 0.2) is 53.0 Å². The first-order valence-electron chi connectivity index (χ1n) is 11.5. The lowest BCUT2D eigenvalue weighted by Gasteiger charge is -2.14.